The summed E-state index contributed by atoms with van der Waals surface area (Å²) in [5, 5.41) is 11.7. The quantitative estimate of drug-likeness (QED) is 0.728. The lowest BCUT2D eigenvalue weighted by Gasteiger charge is -2.19. The van der Waals surface area contributed by atoms with Gasteiger partial charge in [-0.2, -0.15) is 5.26 Å². The number of ether oxygens (including phenoxy) is 2. The SMILES string of the molecule is CC[C@H](Oc1ccccc1)C(=O)O[C@H](C)C(=O)Nc1ccc(C#N)c(Cl)c1. The van der Waals surface area contributed by atoms with Gasteiger partial charge >= 0.3 is 5.97 Å². The Labute approximate surface area is 162 Å². The number of rotatable bonds is 7. The lowest BCUT2D eigenvalue weighted by atomic mass is 10.2. The fourth-order valence-electron chi connectivity index (χ4n) is 2.19. The molecule has 140 valence electrons. The molecular formula is C20H19ClN2O4. The van der Waals surface area contributed by atoms with Crippen LogP contribution in [0.25, 0.3) is 0 Å². The number of carbonyl (C=O) groups is 2. The predicted octanol–water partition coefficient (Wildman–Crippen LogP) is 3.94. The van der Waals surface area contributed by atoms with Crippen LogP contribution in [0, 0.1) is 11.3 Å². The first-order valence-corrected chi connectivity index (χ1v) is 8.75. The Balaban J connectivity index is 1.95. The number of carbonyl (C=O) groups excluding carboxylic acids is 2. The first-order chi connectivity index (χ1) is 12.9. The number of nitriles is 1. The van der Waals surface area contributed by atoms with E-state index in [2.05, 4.69) is 5.32 Å². The highest BCUT2D eigenvalue weighted by molar-refractivity contribution is 6.32. The topological polar surface area (TPSA) is 88.4 Å². The molecule has 0 saturated carbocycles. The van der Waals surface area contributed by atoms with Gasteiger partial charge in [0.1, 0.15) is 11.8 Å². The molecule has 2 rings (SSSR count). The van der Waals surface area contributed by atoms with Gasteiger partial charge in [0.2, 0.25) is 0 Å². The van der Waals surface area contributed by atoms with Crippen molar-refractivity contribution < 1.29 is 19.1 Å². The van der Waals surface area contributed by atoms with E-state index in [1.807, 2.05) is 12.1 Å². The van der Waals surface area contributed by atoms with E-state index in [0.717, 1.165) is 0 Å². The fourth-order valence-corrected chi connectivity index (χ4v) is 2.42. The van der Waals surface area contributed by atoms with Crippen LogP contribution in [0.4, 0.5) is 5.69 Å². The van der Waals surface area contributed by atoms with Gasteiger partial charge in [0.25, 0.3) is 5.91 Å². The van der Waals surface area contributed by atoms with Crippen molar-refractivity contribution in [3.8, 4) is 11.8 Å². The normalized spacial score (nSPS) is 12.4. The summed E-state index contributed by atoms with van der Waals surface area (Å²) in [6.07, 6.45) is -1.44. The number of para-hydroxylation sites is 1. The maximum absolute atomic E-state index is 12.3. The summed E-state index contributed by atoms with van der Waals surface area (Å²) < 4.78 is 10.8. The fraction of sp³-hybridized carbons (Fsp3) is 0.250. The maximum Gasteiger partial charge on any atom is 0.348 e. The van der Waals surface area contributed by atoms with Crippen molar-refractivity contribution in [2.75, 3.05) is 5.32 Å². The third-order valence-corrected chi connectivity index (χ3v) is 3.99. The van der Waals surface area contributed by atoms with Crippen LogP contribution in [0.2, 0.25) is 5.02 Å². The Bertz CT molecular complexity index is 849. The molecule has 0 fully saturated rings. The molecule has 0 saturated heterocycles. The van der Waals surface area contributed by atoms with E-state index in [9.17, 15) is 9.59 Å². The van der Waals surface area contributed by atoms with Gasteiger partial charge in [-0.1, -0.05) is 36.7 Å². The van der Waals surface area contributed by atoms with Crippen molar-refractivity contribution >= 4 is 29.2 Å². The van der Waals surface area contributed by atoms with Gasteiger partial charge in [-0.15, -0.1) is 0 Å². The molecule has 0 aliphatic carbocycles. The van der Waals surface area contributed by atoms with Gasteiger partial charge < -0.3 is 14.8 Å². The standard InChI is InChI=1S/C20H19ClN2O4/c1-3-18(27-16-7-5-4-6-8-16)20(25)26-13(2)19(24)23-15-10-9-14(12-22)17(21)11-15/h4-11,13,18H,3H2,1-2H3,(H,23,24)/t13-,18+/m1/s1. The second-order valence-corrected chi connectivity index (χ2v) is 6.11. The van der Waals surface area contributed by atoms with Crippen LogP contribution in [0.3, 0.4) is 0 Å². The maximum atomic E-state index is 12.3. The molecule has 2 aromatic carbocycles. The molecule has 2 atom stereocenters. The van der Waals surface area contributed by atoms with E-state index in [4.69, 9.17) is 26.3 Å². The van der Waals surface area contributed by atoms with E-state index in [1.165, 1.54) is 19.1 Å². The highest BCUT2D eigenvalue weighted by Gasteiger charge is 2.25. The lowest BCUT2D eigenvalue weighted by molar-refractivity contribution is -0.160. The Kier molecular flexibility index (Phi) is 7.21. The number of benzene rings is 2. The first-order valence-electron chi connectivity index (χ1n) is 8.37. The van der Waals surface area contributed by atoms with Crippen molar-refractivity contribution in [1.29, 1.82) is 5.26 Å². The molecule has 1 amide bonds. The van der Waals surface area contributed by atoms with Crippen molar-refractivity contribution in [2.24, 2.45) is 0 Å². The number of hydrogen-bond acceptors (Lipinski definition) is 5. The minimum absolute atomic E-state index is 0.224. The van der Waals surface area contributed by atoms with E-state index < -0.39 is 24.1 Å². The van der Waals surface area contributed by atoms with Crippen LogP contribution in [-0.4, -0.2) is 24.1 Å². The summed E-state index contributed by atoms with van der Waals surface area (Å²) in [6.45, 7) is 3.26. The Morgan fingerprint density at radius 2 is 1.93 bits per heavy atom. The summed E-state index contributed by atoms with van der Waals surface area (Å²) in [6, 6.07) is 15.3. The van der Waals surface area contributed by atoms with Crippen LogP contribution in [-0.2, 0) is 14.3 Å². The number of nitrogens with one attached hydrogen (secondary N) is 1. The van der Waals surface area contributed by atoms with Crippen LogP contribution in [0.5, 0.6) is 5.75 Å². The van der Waals surface area contributed by atoms with Crippen LogP contribution in [0.1, 0.15) is 25.8 Å². The number of esters is 1. The van der Waals surface area contributed by atoms with Gasteiger partial charge in [0, 0.05) is 5.69 Å². The van der Waals surface area contributed by atoms with Gasteiger partial charge in [0.15, 0.2) is 12.2 Å². The van der Waals surface area contributed by atoms with Crippen molar-refractivity contribution in [2.45, 2.75) is 32.5 Å². The van der Waals surface area contributed by atoms with Crippen molar-refractivity contribution in [1.82, 2.24) is 0 Å². The van der Waals surface area contributed by atoms with Crippen LogP contribution in [0.15, 0.2) is 48.5 Å². The molecule has 7 heteroatoms. The molecule has 0 bridgehead atoms. The Morgan fingerprint density at radius 3 is 2.52 bits per heavy atom. The highest BCUT2D eigenvalue weighted by atomic mass is 35.5. The summed E-state index contributed by atoms with van der Waals surface area (Å²) in [5.74, 6) is -0.591. The first kappa shape index (κ1) is 20.3. The molecule has 0 aliphatic heterocycles. The summed E-state index contributed by atoms with van der Waals surface area (Å²) in [4.78, 5) is 24.5. The van der Waals surface area contributed by atoms with Crippen molar-refractivity contribution in [3.63, 3.8) is 0 Å². The molecular weight excluding hydrogens is 368 g/mol. The molecule has 27 heavy (non-hydrogen) atoms. The zero-order chi connectivity index (χ0) is 19.8. The molecule has 0 aromatic heterocycles. The molecule has 0 unspecified atom stereocenters. The Morgan fingerprint density at radius 1 is 1.22 bits per heavy atom. The summed E-state index contributed by atoms with van der Waals surface area (Å²) in [7, 11) is 0. The minimum Gasteiger partial charge on any atom is -0.479 e. The molecule has 0 radical (unpaired) electrons. The molecule has 1 N–H and O–H groups in total. The van der Waals surface area contributed by atoms with E-state index >= 15 is 0 Å². The number of hydrogen-bond donors (Lipinski definition) is 1. The number of amides is 1. The zero-order valence-corrected chi connectivity index (χ0v) is 15.7. The molecule has 6 nitrogen and oxygen atoms in total. The number of nitrogens with zero attached hydrogens (tertiary/aromatic N) is 1. The third-order valence-electron chi connectivity index (χ3n) is 3.67. The predicted molar refractivity (Wildman–Crippen MR) is 101 cm³/mol. The van der Waals surface area contributed by atoms with E-state index in [0.29, 0.717) is 23.4 Å². The smallest absolute Gasteiger partial charge is 0.348 e. The molecule has 0 heterocycles. The molecule has 0 spiro atoms. The third kappa shape index (κ3) is 5.73. The second kappa shape index (κ2) is 9.60. The lowest BCUT2D eigenvalue weighted by Crippen LogP contribution is -2.36. The van der Waals surface area contributed by atoms with Gasteiger partial charge in [-0.25, -0.2) is 4.79 Å². The van der Waals surface area contributed by atoms with Gasteiger partial charge in [-0.05, 0) is 43.7 Å². The average molecular weight is 387 g/mol. The van der Waals surface area contributed by atoms with Crippen molar-refractivity contribution in [3.05, 3.63) is 59.1 Å². The molecule has 2 aromatic rings. The average Bonchev–Trinajstić information content (AvgIpc) is 2.66. The largest absolute Gasteiger partial charge is 0.479 e. The van der Waals surface area contributed by atoms with Gasteiger partial charge in [0.05, 0.1) is 10.6 Å². The van der Waals surface area contributed by atoms with Gasteiger partial charge in [-0.3, -0.25) is 4.79 Å². The second-order valence-electron chi connectivity index (χ2n) is 5.70. The minimum atomic E-state index is -1.03. The van der Waals surface area contributed by atoms with Crippen LogP contribution >= 0.6 is 11.6 Å². The number of anilines is 1. The monoisotopic (exact) mass is 386 g/mol. The molecule has 0 aliphatic rings. The highest BCUT2D eigenvalue weighted by Crippen LogP contribution is 2.20. The zero-order valence-electron chi connectivity index (χ0n) is 14.9. The summed E-state index contributed by atoms with van der Waals surface area (Å²) >= 11 is 5.94. The van der Waals surface area contributed by atoms with Crippen LogP contribution < -0.4 is 10.1 Å². The van der Waals surface area contributed by atoms with E-state index in [-0.39, 0.29) is 5.02 Å². The summed E-state index contributed by atoms with van der Waals surface area (Å²) in [5.41, 5.74) is 0.706. The van der Waals surface area contributed by atoms with E-state index in [1.54, 1.807) is 37.3 Å². The number of halogens is 1. The Hall–Kier alpha value is -3.04.